The highest BCUT2D eigenvalue weighted by Gasteiger charge is 2.42. The van der Waals surface area contributed by atoms with Crippen LogP contribution in [0.2, 0.25) is 0 Å². The smallest absolute Gasteiger partial charge is 0.239 e. The minimum Gasteiger partial charge on any atom is -0.383 e. The van der Waals surface area contributed by atoms with Crippen molar-refractivity contribution in [2.24, 2.45) is 11.1 Å². The van der Waals surface area contributed by atoms with Gasteiger partial charge in [-0.2, -0.15) is 0 Å². The minimum atomic E-state index is -0.424. The van der Waals surface area contributed by atoms with E-state index >= 15 is 0 Å². The quantitative estimate of drug-likeness (QED) is 0.500. The maximum Gasteiger partial charge on any atom is 0.239 e. The summed E-state index contributed by atoms with van der Waals surface area (Å²) in [4.78, 5) is 23.1. The van der Waals surface area contributed by atoms with Gasteiger partial charge in [0, 0.05) is 20.2 Å². The van der Waals surface area contributed by atoms with E-state index in [1.165, 1.54) is 0 Å². The van der Waals surface area contributed by atoms with Gasteiger partial charge in [-0.25, -0.2) is 0 Å². The SMILES string of the molecule is COCCNC(=O)CNC(=O)C1(CN)CCC1. The van der Waals surface area contributed by atoms with E-state index in [0.717, 1.165) is 19.3 Å². The van der Waals surface area contributed by atoms with Crippen LogP contribution in [0, 0.1) is 5.41 Å². The lowest BCUT2D eigenvalue weighted by molar-refractivity contribution is -0.136. The highest BCUT2D eigenvalue weighted by molar-refractivity contribution is 5.88. The first kappa shape index (κ1) is 13.9. The summed E-state index contributed by atoms with van der Waals surface area (Å²) in [5.74, 6) is -0.310. The monoisotopic (exact) mass is 243 g/mol. The van der Waals surface area contributed by atoms with Gasteiger partial charge in [-0.15, -0.1) is 0 Å². The molecule has 1 aliphatic carbocycles. The second kappa shape index (κ2) is 6.56. The Morgan fingerprint density at radius 2 is 2.06 bits per heavy atom. The van der Waals surface area contributed by atoms with Crippen LogP contribution in [0.5, 0.6) is 0 Å². The average molecular weight is 243 g/mol. The number of methoxy groups -OCH3 is 1. The third-order valence-corrected chi connectivity index (χ3v) is 3.22. The fraction of sp³-hybridized carbons (Fsp3) is 0.818. The van der Waals surface area contributed by atoms with Crippen LogP contribution in [0.15, 0.2) is 0 Å². The molecular weight excluding hydrogens is 222 g/mol. The third kappa shape index (κ3) is 3.67. The average Bonchev–Trinajstić information content (AvgIpc) is 2.26. The number of nitrogens with one attached hydrogen (secondary N) is 2. The molecule has 1 fully saturated rings. The van der Waals surface area contributed by atoms with Crippen LogP contribution in [0.25, 0.3) is 0 Å². The Hall–Kier alpha value is -1.14. The first-order valence-corrected chi connectivity index (χ1v) is 5.88. The minimum absolute atomic E-state index is 0.00426. The largest absolute Gasteiger partial charge is 0.383 e. The van der Waals surface area contributed by atoms with Crippen molar-refractivity contribution in [2.75, 3.05) is 33.4 Å². The first-order chi connectivity index (χ1) is 8.14. The normalized spacial score (nSPS) is 17.1. The molecule has 1 saturated carbocycles. The molecule has 0 heterocycles. The summed E-state index contributed by atoms with van der Waals surface area (Å²) in [6, 6.07) is 0. The molecule has 6 nitrogen and oxygen atoms in total. The summed E-state index contributed by atoms with van der Waals surface area (Å²) in [7, 11) is 1.57. The summed E-state index contributed by atoms with van der Waals surface area (Å²) in [5, 5.41) is 5.27. The zero-order chi connectivity index (χ0) is 12.7. The van der Waals surface area contributed by atoms with Gasteiger partial charge in [0.05, 0.1) is 18.6 Å². The summed E-state index contributed by atoms with van der Waals surface area (Å²) >= 11 is 0. The van der Waals surface area contributed by atoms with Gasteiger partial charge in [0.1, 0.15) is 0 Å². The summed E-state index contributed by atoms with van der Waals surface area (Å²) in [5.41, 5.74) is 5.17. The standard InChI is InChI=1S/C11H21N3O3/c1-17-6-5-13-9(15)7-14-10(16)11(8-12)3-2-4-11/h2-8,12H2,1H3,(H,13,15)(H,14,16). The third-order valence-electron chi connectivity index (χ3n) is 3.22. The fourth-order valence-corrected chi connectivity index (χ4v) is 1.83. The Labute approximate surface area is 101 Å². The number of rotatable bonds is 7. The summed E-state index contributed by atoms with van der Waals surface area (Å²) in [6.07, 6.45) is 2.67. The van der Waals surface area contributed by atoms with Crippen molar-refractivity contribution < 1.29 is 14.3 Å². The molecule has 0 aromatic carbocycles. The molecule has 0 saturated heterocycles. The molecule has 1 rings (SSSR count). The maximum atomic E-state index is 11.8. The molecule has 0 radical (unpaired) electrons. The van der Waals surface area contributed by atoms with Crippen LogP contribution in [0.4, 0.5) is 0 Å². The zero-order valence-corrected chi connectivity index (χ0v) is 10.3. The van der Waals surface area contributed by atoms with Crippen LogP contribution in [0.1, 0.15) is 19.3 Å². The van der Waals surface area contributed by atoms with Gasteiger partial charge < -0.3 is 21.1 Å². The Morgan fingerprint density at radius 1 is 1.35 bits per heavy atom. The van der Waals surface area contributed by atoms with E-state index in [-0.39, 0.29) is 18.4 Å². The molecular formula is C11H21N3O3. The van der Waals surface area contributed by atoms with E-state index in [1.807, 2.05) is 0 Å². The summed E-state index contributed by atoms with van der Waals surface area (Å²) in [6.45, 7) is 1.27. The number of nitrogens with two attached hydrogens (primary N) is 1. The zero-order valence-electron chi connectivity index (χ0n) is 10.3. The van der Waals surface area contributed by atoms with Crippen molar-refractivity contribution in [1.82, 2.24) is 10.6 Å². The number of carbonyl (C=O) groups is 2. The lowest BCUT2D eigenvalue weighted by Crippen LogP contribution is -2.52. The highest BCUT2D eigenvalue weighted by Crippen LogP contribution is 2.39. The van der Waals surface area contributed by atoms with E-state index in [0.29, 0.717) is 19.7 Å². The van der Waals surface area contributed by atoms with Crippen molar-refractivity contribution >= 4 is 11.8 Å². The van der Waals surface area contributed by atoms with E-state index in [4.69, 9.17) is 10.5 Å². The molecule has 4 N–H and O–H groups in total. The molecule has 0 aromatic heterocycles. The van der Waals surface area contributed by atoms with E-state index in [2.05, 4.69) is 10.6 Å². The van der Waals surface area contributed by atoms with Gasteiger partial charge in [-0.3, -0.25) is 9.59 Å². The number of hydrogen-bond donors (Lipinski definition) is 3. The number of ether oxygens (including phenoxy) is 1. The molecule has 1 aliphatic rings. The second-order valence-corrected chi connectivity index (χ2v) is 4.36. The molecule has 98 valence electrons. The Balaban J connectivity index is 2.21. The van der Waals surface area contributed by atoms with Crippen LogP contribution in [-0.4, -0.2) is 45.2 Å². The predicted octanol–water partition coefficient (Wildman–Crippen LogP) is -1.01. The second-order valence-electron chi connectivity index (χ2n) is 4.36. The van der Waals surface area contributed by atoms with Gasteiger partial charge >= 0.3 is 0 Å². The van der Waals surface area contributed by atoms with Gasteiger partial charge in [0.25, 0.3) is 0 Å². The Kier molecular flexibility index (Phi) is 5.37. The number of amides is 2. The van der Waals surface area contributed by atoms with E-state index in [1.54, 1.807) is 7.11 Å². The van der Waals surface area contributed by atoms with Crippen molar-refractivity contribution in [3.05, 3.63) is 0 Å². The molecule has 0 atom stereocenters. The van der Waals surface area contributed by atoms with Crippen LogP contribution < -0.4 is 16.4 Å². The topological polar surface area (TPSA) is 93.5 Å². The lowest BCUT2D eigenvalue weighted by Gasteiger charge is -2.38. The van der Waals surface area contributed by atoms with Gasteiger partial charge in [-0.05, 0) is 12.8 Å². The lowest BCUT2D eigenvalue weighted by atomic mass is 9.68. The van der Waals surface area contributed by atoms with E-state index in [9.17, 15) is 9.59 Å². The van der Waals surface area contributed by atoms with Crippen molar-refractivity contribution in [1.29, 1.82) is 0 Å². The Bertz CT molecular complexity index is 272. The van der Waals surface area contributed by atoms with Crippen molar-refractivity contribution in [3.63, 3.8) is 0 Å². The molecule has 0 aromatic rings. The van der Waals surface area contributed by atoms with E-state index < -0.39 is 5.41 Å². The predicted molar refractivity (Wildman–Crippen MR) is 63.2 cm³/mol. The Morgan fingerprint density at radius 3 is 2.53 bits per heavy atom. The van der Waals surface area contributed by atoms with Crippen molar-refractivity contribution in [2.45, 2.75) is 19.3 Å². The van der Waals surface area contributed by atoms with Crippen LogP contribution in [-0.2, 0) is 14.3 Å². The molecule has 17 heavy (non-hydrogen) atoms. The van der Waals surface area contributed by atoms with Gasteiger partial charge in [-0.1, -0.05) is 6.42 Å². The first-order valence-electron chi connectivity index (χ1n) is 5.88. The molecule has 0 spiro atoms. The number of carbonyl (C=O) groups excluding carboxylic acids is 2. The maximum absolute atomic E-state index is 11.8. The van der Waals surface area contributed by atoms with Crippen LogP contribution in [0.3, 0.4) is 0 Å². The van der Waals surface area contributed by atoms with Gasteiger partial charge in [0.15, 0.2) is 0 Å². The number of hydrogen-bond acceptors (Lipinski definition) is 4. The van der Waals surface area contributed by atoms with Gasteiger partial charge in [0.2, 0.25) is 11.8 Å². The molecule has 6 heteroatoms. The van der Waals surface area contributed by atoms with Crippen LogP contribution >= 0.6 is 0 Å². The summed E-state index contributed by atoms with van der Waals surface area (Å²) < 4.78 is 4.80. The highest BCUT2D eigenvalue weighted by atomic mass is 16.5. The molecule has 0 unspecified atom stereocenters. The fourth-order valence-electron chi connectivity index (χ4n) is 1.83. The molecule has 0 aliphatic heterocycles. The molecule has 2 amide bonds. The molecule has 0 bridgehead atoms. The van der Waals surface area contributed by atoms with Crippen molar-refractivity contribution in [3.8, 4) is 0 Å².